The maximum atomic E-state index is 13.0. The zero-order valence-corrected chi connectivity index (χ0v) is 19.4. The minimum absolute atomic E-state index is 0. The van der Waals surface area contributed by atoms with E-state index >= 15 is 0 Å². The lowest BCUT2D eigenvalue weighted by molar-refractivity contribution is 0.129. The molecule has 2 rings (SSSR count). The molecule has 7 heteroatoms. The molecule has 0 aromatic heterocycles. The van der Waals surface area contributed by atoms with Crippen molar-refractivity contribution in [3.05, 3.63) is 57.8 Å². The van der Waals surface area contributed by atoms with E-state index in [0.717, 1.165) is 54.7 Å². The van der Waals surface area contributed by atoms with Crippen molar-refractivity contribution in [2.24, 2.45) is 0 Å². The normalized spacial score (nSPS) is 10.5. The highest BCUT2D eigenvalue weighted by Crippen LogP contribution is 2.37. The summed E-state index contributed by atoms with van der Waals surface area (Å²) in [4.78, 5) is 0. The summed E-state index contributed by atoms with van der Waals surface area (Å²) < 4.78 is 30.8. The fraction of sp³-hybridized carbons (Fsp3) is 0.455. The molecule has 2 aromatic carbocycles. The summed E-state index contributed by atoms with van der Waals surface area (Å²) in [6.07, 6.45) is 3.27. The lowest BCUT2D eigenvalue weighted by Gasteiger charge is -2.15. The van der Waals surface area contributed by atoms with E-state index in [9.17, 15) is 4.39 Å². The van der Waals surface area contributed by atoms with E-state index in [1.807, 2.05) is 12.1 Å². The second kappa shape index (κ2) is 14.6. The molecular weight excluding hydrogens is 461 g/mol. The van der Waals surface area contributed by atoms with Gasteiger partial charge in [0.15, 0.2) is 11.5 Å². The van der Waals surface area contributed by atoms with Gasteiger partial charge in [-0.1, -0.05) is 25.5 Å². The van der Waals surface area contributed by atoms with E-state index in [2.05, 4.69) is 28.2 Å². The smallest absolute Gasteiger partial charge is 0.175 e. The number of hydrogen-bond donors (Lipinski definition) is 1. The van der Waals surface area contributed by atoms with Crippen LogP contribution in [-0.2, 0) is 17.9 Å². The van der Waals surface area contributed by atoms with E-state index in [0.29, 0.717) is 18.1 Å². The largest absolute Gasteiger partial charge is 0.493 e. The summed E-state index contributed by atoms with van der Waals surface area (Å²) in [7, 11) is 1.62. The predicted octanol–water partition coefficient (Wildman–Crippen LogP) is 5.89. The Morgan fingerprint density at radius 1 is 1.03 bits per heavy atom. The minimum Gasteiger partial charge on any atom is -0.493 e. The van der Waals surface area contributed by atoms with Gasteiger partial charge in [-0.25, -0.2) is 4.39 Å². The molecule has 0 heterocycles. The van der Waals surface area contributed by atoms with Crippen molar-refractivity contribution in [1.29, 1.82) is 0 Å². The predicted molar refractivity (Wildman–Crippen MR) is 121 cm³/mol. The van der Waals surface area contributed by atoms with Crippen LogP contribution < -0.4 is 14.8 Å². The number of unbranched alkanes of at least 4 members (excludes halogenated alkanes) is 1. The third-order valence-electron chi connectivity index (χ3n) is 4.20. The number of hydrogen-bond acceptors (Lipinski definition) is 4. The lowest BCUT2D eigenvalue weighted by atomic mass is 10.2. The number of rotatable bonds is 13. The maximum Gasteiger partial charge on any atom is 0.175 e. The van der Waals surface area contributed by atoms with Gasteiger partial charge in [-0.3, -0.25) is 0 Å². The van der Waals surface area contributed by atoms with E-state index in [1.54, 1.807) is 19.2 Å². The molecule has 0 saturated carbocycles. The summed E-state index contributed by atoms with van der Waals surface area (Å²) in [6, 6.07) is 10.3. The van der Waals surface area contributed by atoms with Gasteiger partial charge in [0.25, 0.3) is 0 Å². The van der Waals surface area contributed by atoms with Gasteiger partial charge in [-0.15, -0.1) is 12.4 Å². The molecule has 4 nitrogen and oxygen atoms in total. The van der Waals surface area contributed by atoms with Gasteiger partial charge in [0, 0.05) is 19.8 Å². The first-order valence-electron chi connectivity index (χ1n) is 9.66. The molecule has 2 aromatic rings. The molecule has 0 bridgehead atoms. The number of ether oxygens (including phenoxy) is 3. The molecule has 0 saturated heterocycles. The van der Waals surface area contributed by atoms with Gasteiger partial charge in [0.05, 0.1) is 11.6 Å². The molecule has 0 spiro atoms. The first-order valence-corrected chi connectivity index (χ1v) is 10.5. The Morgan fingerprint density at radius 2 is 1.76 bits per heavy atom. The molecular formula is C22H30BrClFNO3. The molecule has 0 radical (unpaired) electrons. The van der Waals surface area contributed by atoms with Gasteiger partial charge in [0.1, 0.15) is 12.4 Å². The van der Waals surface area contributed by atoms with Crippen LogP contribution in [0, 0.1) is 5.82 Å². The van der Waals surface area contributed by atoms with Crippen LogP contribution in [0.4, 0.5) is 4.39 Å². The SMILES string of the molecule is CCCCOCCCNCc1cc(Br)c(OCc2ccc(F)cc2)c(OC)c1.Cl. The second-order valence-corrected chi connectivity index (χ2v) is 7.37. The van der Waals surface area contributed by atoms with Gasteiger partial charge in [0.2, 0.25) is 0 Å². The monoisotopic (exact) mass is 489 g/mol. The van der Waals surface area contributed by atoms with Crippen LogP contribution in [-0.4, -0.2) is 26.9 Å². The number of nitrogens with one attached hydrogen (secondary N) is 1. The van der Waals surface area contributed by atoms with Gasteiger partial charge in [-0.05, 0) is 70.7 Å². The minimum atomic E-state index is -0.258. The Kier molecular flexibility index (Phi) is 12.9. The quantitative estimate of drug-likeness (QED) is 0.355. The highest BCUT2D eigenvalue weighted by molar-refractivity contribution is 9.10. The van der Waals surface area contributed by atoms with Gasteiger partial charge >= 0.3 is 0 Å². The Morgan fingerprint density at radius 3 is 2.45 bits per heavy atom. The Hall–Kier alpha value is -1.34. The molecule has 162 valence electrons. The lowest BCUT2D eigenvalue weighted by Crippen LogP contribution is -2.16. The van der Waals surface area contributed by atoms with Crippen LogP contribution in [0.1, 0.15) is 37.3 Å². The Labute approximate surface area is 187 Å². The third kappa shape index (κ3) is 9.34. The highest BCUT2D eigenvalue weighted by Gasteiger charge is 2.12. The molecule has 0 aliphatic carbocycles. The number of methoxy groups -OCH3 is 1. The van der Waals surface area contributed by atoms with Crippen LogP contribution in [0.25, 0.3) is 0 Å². The average Bonchev–Trinajstić information content (AvgIpc) is 2.70. The molecule has 0 aliphatic rings. The summed E-state index contributed by atoms with van der Waals surface area (Å²) >= 11 is 3.57. The van der Waals surface area contributed by atoms with Crippen molar-refractivity contribution in [1.82, 2.24) is 5.32 Å². The van der Waals surface area contributed by atoms with Crippen molar-refractivity contribution in [2.45, 2.75) is 39.3 Å². The second-order valence-electron chi connectivity index (χ2n) is 6.52. The Bertz CT molecular complexity index is 716. The number of halogens is 3. The zero-order chi connectivity index (χ0) is 20.2. The van der Waals surface area contributed by atoms with Crippen molar-refractivity contribution < 1.29 is 18.6 Å². The Balaban J connectivity index is 0.00000420. The van der Waals surface area contributed by atoms with Gasteiger partial charge in [-0.2, -0.15) is 0 Å². The van der Waals surface area contributed by atoms with Crippen LogP contribution in [0.2, 0.25) is 0 Å². The topological polar surface area (TPSA) is 39.7 Å². The van der Waals surface area contributed by atoms with E-state index < -0.39 is 0 Å². The van der Waals surface area contributed by atoms with Crippen LogP contribution in [0.15, 0.2) is 40.9 Å². The van der Waals surface area contributed by atoms with E-state index in [1.165, 1.54) is 18.6 Å². The van der Waals surface area contributed by atoms with Crippen molar-refractivity contribution in [3.63, 3.8) is 0 Å². The first kappa shape index (κ1) is 25.7. The molecule has 29 heavy (non-hydrogen) atoms. The number of benzene rings is 2. The summed E-state index contributed by atoms with van der Waals surface area (Å²) in [6.45, 7) is 5.77. The first-order chi connectivity index (χ1) is 13.6. The summed E-state index contributed by atoms with van der Waals surface area (Å²) in [5, 5.41) is 3.42. The fourth-order valence-corrected chi connectivity index (χ4v) is 3.24. The zero-order valence-electron chi connectivity index (χ0n) is 17.0. The standard InChI is InChI=1S/C22H29BrFNO3.ClH/c1-3-4-11-27-12-5-10-25-15-18-13-20(23)22(21(14-18)26-2)28-16-17-6-8-19(24)9-7-17;/h6-9,13-14,25H,3-5,10-12,15-16H2,1-2H3;1H. The van der Waals surface area contributed by atoms with Crippen LogP contribution in [0.5, 0.6) is 11.5 Å². The summed E-state index contributed by atoms with van der Waals surface area (Å²) in [5.74, 6) is 1.04. The third-order valence-corrected chi connectivity index (χ3v) is 4.79. The maximum absolute atomic E-state index is 13.0. The molecule has 0 amide bonds. The molecule has 0 fully saturated rings. The van der Waals surface area contributed by atoms with E-state index in [-0.39, 0.29) is 18.2 Å². The van der Waals surface area contributed by atoms with Crippen molar-refractivity contribution in [2.75, 3.05) is 26.9 Å². The fourth-order valence-electron chi connectivity index (χ4n) is 2.63. The van der Waals surface area contributed by atoms with Crippen LogP contribution in [0.3, 0.4) is 0 Å². The average molecular weight is 491 g/mol. The summed E-state index contributed by atoms with van der Waals surface area (Å²) in [5.41, 5.74) is 1.99. The van der Waals surface area contributed by atoms with Crippen molar-refractivity contribution in [3.8, 4) is 11.5 Å². The molecule has 0 atom stereocenters. The van der Waals surface area contributed by atoms with Crippen LogP contribution >= 0.6 is 28.3 Å². The highest BCUT2D eigenvalue weighted by atomic mass is 79.9. The van der Waals surface area contributed by atoms with Crippen molar-refractivity contribution >= 4 is 28.3 Å². The van der Waals surface area contributed by atoms with E-state index in [4.69, 9.17) is 14.2 Å². The molecule has 0 aliphatic heterocycles. The van der Waals surface area contributed by atoms with Gasteiger partial charge < -0.3 is 19.5 Å². The molecule has 0 unspecified atom stereocenters. The molecule has 1 N–H and O–H groups in total.